The Morgan fingerprint density at radius 2 is 1.64 bits per heavy atom. The maximum atomic E-state index is 12.9. The van der Waals surface area contributed by atoms with E-state index in [0.717, 1.165) is 5.56 Å². The number of hydrogen-bond donors (Lipinski definition) is 1. The summed E-state index contributed by atoms with van der Waals surface area (Å²) in [7, 11) is 0. The zero-order valence-corrected chi connectivity index (χ0v) is 16.0. The third kappa shape index (κ3) is 6.90. The highest BCUT2D eigenvalue weighted by Gasteiger charge is 2.11. The highest BCUT2D eigenvalue weighted by Crippen LogP contribution is 2.30. The molecule has 0 bridgehead atoms. The quantitative estimate of drug-likeness (QED) is 0.627. The Bertz CT molecular complexity index is 792. The van der Waals surface area contributed by atoms with Crippen LogP contribution in [-0.4, -0.2) is 31.7 Å². The summed E-state index contributed by atoms with van der Waals surface area (Å²) in [5.74, 6) is -0.166. The van der Waals surface area contributed by atoms with Crippen molar-refractivity contribution in [2.75, 3.05) is 25.1 Å². The minimum Gasteiger partial charge on any atom is -0.490 e. The number of aryl methyl sites for hydroxylation is 1. The minimum atomic E-state index is -0.499. The van der Waals surface area contributed by atoms with E-state index in [0.29, 0.717) is 36.8 Å². The Balaban J connectivity index is 1.80. The van der Waals surface area contributed by atoms with Gasteiger partial charge in [0.1, 0.15) is 5.82 Å². The van der Waals surface area contributed by atoms with Crippen molar-refractivity contribution in [2.24, 2.45) is 0 Å². The molecule has 0 fully saturated rings. The molecule has 0 aliphatic carbocycles. The van der Waals surface area contributed by atoms with Crippen LogP contribution in [0.3, 0.4) is 0 Å². The van der Waals surface area contributed by atoms with Crippen LogP contribution >= 0.6 is 0 Å². The number of hydrogen-bond acceptors (Lipinski definition) is 5. The number of rotatable bonds is 10. The fourth-order valence-electron chi connectivity index (χ4n) is 2.44. The first-order valence-electron chi connectivity index (χ1n) is 9.11. The van der Waals surface area contributed by atoms with Gasteiger partial charge < -0.3 is 19.5 Å². The molecule has 6 nitrogen and oxygen atoms in total. The van der Waals surface area contributed by atoms with Crippen LogP contribution in [0.1, 0.15) is 25.8 Å². The predicted molar refractivity (Wildman–Crippen MR) is 103 cm³/mol. The summed E-state index contributed by atoms with van der Waals surface area (Å²) in [6.45, 7) is 4.30. The van der Waals surface area contributed by atoms with E-state index >= 15 is 0 Å². The Hall–Kier alpha value is -3.09. The fraction of sp³-hybridized carbons (Fsp3) is 0.333. The van der Waals surface area contributed by atoms with Gasteiger partial charge in [-0.1, -0.05) is 12.1 Å². The van der Waals surface area contributed by atoms with Gasteiger partial charge in [-0.2, -0.15) is 0 Å². The van der Waals surface area contributed by atoms with E-state index in [1.54, 1.807) is 30.3 Å². The molecule has 2 aromatic rings. The lowest BCUT2D eigenvalue weighted by molar-refractivity contribution is -0.147. The lowest BCUT2D eigenvalue weighted by atomic mass is 10.1. The molecular weight excluding hydrogens is 365 g/mol. The molecule has 0 aliphatic rings. The summed E-state index contributed by atoms with van der Waals surface area (Å²) in [6.07, 6.45) is 0.522. The number of ether oxygens (including phenoxy) is 3. The van der Waals surface area contributed by atoms with Crippen molar-refractivity contribution in [3.05, 3.63) is 53.8 Å². The minimum absolute atomic E-state index is 0.108. The standard InChI is InChI=1S/C21H24FNO5/c1-3-26-18-11-10-17(13-19(18)27-4-2)23-20(24)14-28-21(25)12-7-15-5-8-16(22)9-6-15/h5-6,8-11,13H,3-4,7,12,14H2,1-2H3,(H,23,24). The summed E-state index contributed by atoms with van der Waals surface area (Å²) >= 11 is 0. The van der Waals surface area contributed by atoms with Gasteiger partial charge in [-0.25, -0.2) is 4.39 Å². The lowest BCUT2D eigenvalue weighted by Crippen LogP contribution is -2.21. The normalized spacial score (nSPS) is 10.2. The maximum absolute atomic E-state index is 12.9. The van der Waals surface area contributed by atoms with Gasteiger partial charge in [-0.3, -0.25) is 9.59 Å². The summed E-state index contributed by atoms with van der Waals surface area (Å²) in [6, 6.07) is 10.9. The smallest absolute Gasteiger partial charge is 0.306 e. The van der Waals surface area contributed by atoms with Crippen molar-refractivity contribution in [2.45, 2.75) is 26.7 Å². The van der Waals surface area contributed by atoms with Crippen molar-refractivity contribution in [3.63, 3.8) is 0 Å². The number of esters is 1. The van der Waals surface area contributed by atoms with E-state index in [1.807, 2.05) is 13.8 Å². The first-order valence-corrected chi connectivity index (χ1v) is 9.11. The molecule has 0 unspecified atom stereocenters. The van der Waals surface area contributed by atoms with Crippen LogP contribution in [0.15, 0.2) is 42.5 Å². The highest BCUT2D eigenvalue weighted by atomic mass is 19.1. The molecule has 0 heterocycles. The molecule has 7 heteroatoms. The largest absolute Gasteiger partial charge is 0.490 e. The first-order chi connectivity index (χ1) is 13.5. The van der Waals surface area contributed by atoms with Gasteiger partial charge in [0.25, 0.3) is 5.91 Å². The SMILES string of the molecule is CCOc1ccc(NC(=O)COC(=O)CCc2ccc(F)cc2)cc1OCC. The second kappa shape index (κ2) is 10.9. The van der Waals surface area contributed by atoms with Gasteiger partial charge in [-0.05, 0) is 50.1 Å². The van der Waals surface area contributed by atoms with Crippen LogP contribution in [0.5, 0.6) is 11.5 Å². The van der Waals surface area contributed by atoms with Gasteiger partial charge in [0, 0.05) is 18.2 Å². The number of benzene rings is 2. The van der Waals surface area contributed by atoms with Crippen LogP contribution in [0.25, 0.3) is 0 Å². The third-order valence-electron chi connectivity index (χ3n) is 3.72. The Morgan fingerprint density at radius 1 is 0.964 bits per heavy atom. The van der Waals surface area contributed by atoms with Crippen LogP contribution in [0.4, 0.5) is 10.1 Å². The molecule has 28 heavy (non-hydrogen) atoms. The molecule has 1 N–H and O–H groups in total. The summed E-state index contributed by atoms with van der Waals surface area (Å²) in [4.78, 5) is 23.8. The lowest BCUT2D eigenvalue weighted by Gasteiger charge is -2.13. The molecule has 150 valence electrons. The molecule has 0 saturated carbocycles. The van der Waals surface area contributed by atoms with Crippen LogP contribution in [0, 0.1) is 5.82 Å². The number of carbonyl (C=O) groups excluding carboxylic acids is 2. The number of anilines is 1. The molecule has 1 amide bonds. The van der Waals surface area contributed by atoms with Crippen molar-refractivity contribution < 1.29 is 28.2 Å². The zero-order chi connectivity index (χ0) is 20.4. The molecule has 0 aromatic heterocycles. The predicted octanol–water partition coefficient (Wildman–Crippen LogP) is 3.74. The van der Waals surface area contributed by atoms with E-state index in [4.69, 9.17) is 14.2 Å². The zero-order valence-electron chi connectivity index (χ0n) is 16.0. The van der Waals surface area contributed by atoms with E-state index in [-0.39, 0.29) is 18.8 Å². The topological polar surface area (TPSA) is 73.9 Å². The molecule has 0 atom stereocenters. The molecule has 0 aliphatic heterocycles. The summed E-state index contributed by atoms with van der Waals surface area (Å²) in [5.41, 5.74) is 1.33. The van der Waals surface area contributed by atoms with E-state index in [9.17, 15) is 14.0 Å². The van der Waals surface area contributed by atoms with Crippen molar-refractivity contribution in [1.82, 2.24) is 0 Å². The molecular formula is C21H24FNO5. The maximum Gasteiger partial charge on any atom is 0.306 e. The van der Waals surface area contributed by atoms with Crippen molar-refractivity contribution in [3.8, 4) is 11.5 Å². The van der Waals surface area contributed by atoms with Gasteiger partial charge in [0.05, 0.1) is 13.2 Å². The molecule has 2 rings (SSSR count). The molecule has 0 spiro atoms. The van der Waals surface area contributed by atoms with Gasteiger partial charge in [-0.15, -0.1) is 0 Å². The molecule has 0 radical (unpaired) electrons. The highest BCUT2D eigenvalue weighted by molar-refractivity contribution is 5.93. The Kier molecular flexibility index (Phi) is 8.27. The van der Waals surface area contributed by atoms with Crippen molar-refractivity contribution >= 4 is 17.6 Å². The molecule has 2 aromatic carbocycles. The van der Waals surface area contributed by atoms with E-state index in [2.05, 4.69) is 5.32 Å². The Morgan fingerprint density at radius 3 is 2.32 bits per heavy atom. The van der Waals surface area contributed by atoms with Gasteiger partial charge in [0.15, 0.2) is 18.1 Å². The third-order valence-corrected chi connectivity index (χ3v) is 3.72. The monoisotopic (exact) mass is 389 g/mol. The second-order valence-corrected chi connectivity index (χ2v) is 5.86. The average Bonchev–Trinajstić information content (AvgIpc) is 2.68. The van der Waals surface area contributed by atoms with E-state index < -0.39 is 11.9 Å². The average molecular weight is 389 g/mol. The van der Waals surface area contributed by atoms with Crippen molar-refractivity contribution in [1.29, 1.82) is 0 Å². The van der Waals surface area contributed by atoms with Crippen LogP contribution < -0.4 is 14.8 Å². The second-order valence-electron chi connectivity index (χ2n) is 5.86. The number of halogens is 1. The number of carbonyl (C=O) groups is 2. The number of nitrogens with one attached hydrogen (secondary N) is 1. The fourth-order valence-corrected chi connectivity index (χ4v) is 2.44. The van der Waals surface area contributed by atoms with Gasteiger partial charge >= 0.3 is 5.97 Å². The summed E-state index contributed by atoms with van der Waals surface area (Å²) in [5, 5.41) is 2.65. The number of amides is 1. The van der Waals surface area contributed by atoms with Crippen LogP contribution in [-0.2, 0) is 20.7 Å². The van der Waals surface area contributed by atoms with Crippen LogP contribution in [0.2, 0.25) is 0 Å². The molecule has 0 saturated heterocycles. The first kappa shape index (κ1) is 21.2. The van der Waals surface area contributed by atoms with Gasteiger partial charge in [0.2, 0.25) is 0 Å². The Labute approximate surface area is 163 Å². The van der Waals surface area contributed by atoms with E-state index in [1.165, 1.54) is 12.1 Å². The summed E-state index contributed by atoms with van der Waals surface area (Å²) < 4.78 is 28.8.